The number of methoxy groups -OCH3 is 1. The van der Waals surface area contributed by atoms with E-state index >= 15 is 0 Å². The molecule has 1 aromatic rings. The largest absolute Gasteiger partial charge is 1.00 e. The van der Waals surface area contributed by atoms with Crippen molar-refractivity contribution in [2.45, 2.75) is 77.8 Å². The molecule has 1 aliphatic heterocycles. The molecular formula is C26H48KN5O4. The number of ether oxygens (including phenoxy) is 1. The van der Waals surface area contributed by atoms with E-state index in [-0.39, 0.29) is 82.6 Å². The SMILES string of the molecule is CCCC(N)=O.CCCN.COc1ccc(CN(CCCCC(N)=O)C(=O)C2CCCN2)cc1.[CH3-].[K+]. The zero-order valence-electron chi connectivity index (χ0n) is 23.2. The summed E-state index contributed by atoms with van der Waals surface area (Å²) in [7, 11) is 1.63. The Morgan fingerprint density at radius 3 is 2.00 bits per heavy atom. The maximum absolute atomic E-state index is 12.7. The third-order valence-electron chi connectivity index (χ3n) is 5.09. The van der Waals surface area contributed by atoms with Crippen LogP contribution in [0.5, 0.6) is 5.75 Å². The van der Waals surface area contributed by atoms with E-state index in [1.165, 1.54) is 0 Å². The van der Waals surface area contributed by atoms with Gasteiger partial charge in [-0.1, -0.05) is 26.0 Å². The first-order valence-electron chi connectivity index (χ1n) is 12.2. The minimum Gasteiger partial charge on any atom is -0.497 e. The predicted molar refractivity (Wildman–Crippen MR) is 142 cm³/mol. The topological polar surface area (TPSA) is 154 Å². The number of primary amides is 2. The molecule has 0 bridgehead atoms. The van der Waals surface area contributed by atoms with E-state index in [0.717, 1.165) is 56.5 Å². The van der Waals surface area contributed by atoms with E-state index in [2.05, 4.69) is 12.2 Å². The number of nitrogens with two attached hydrogens (primary N) is 3. The summed E-state index contributed by atoms with van der Waals surface area (Å²) in [5.41, 5.74) is 16.0. The number of benzene rings is 1. The van der Waals surface area contributed by atoms with Crippen molar-refractivity contribution in [3.05, 3.63) is 37.3 Å². The molecule has 0 aromatic heterocycles. The van der Waals surface area contributed by atoms with Crippen LogP contribution in [0.1, 0.15) is 70.8 Å². The number of rotatable bonds is 12. The van der Waals surface area contributed by atoms with Gasteiger partial charge in [-0.15, -0.1) is 0 Å². The van der Waals surface area contributed by atoms with Crippen molar-refractivity contribution in [3.63, 3.8) is 0 Å². The fraction of sp³-hybridized carbons (Fsp3) is 0.615. The number of amides is 3. The van der Waals surface area contributed by atoms with Crippen molar-refractivity contribution in [2.75, 3.05) is 26.7 Å². The zero-order chi connectivity index (χ0) is 25.8. The molecule has 1 atom stereocenters. The van der Waals surface area contributed by atoms with Crippen LogP contribution in [0.15, 0.2) is 24.3 Å². The number of hydrogen-bond donors (Lipinski definition) is 4. The molecule has 0 saturated carbocycles. The molecule has 202 valence electrons. The van der Waals surface area contributed by atoms with Gasteiger partial charge in [-0.2, -0.15) is 0 Å². The molecule has 1 heterocycles. The Morgan fingerprint density at radius 1 is 1.03 bits per heavy atom. The van der Waals surface area contributed by atoms with E-state index in [0.29, 0.717) is 32.4 Å². The molecule has 36 heavy (non-hydrogen) atoms. The van der Waals surface area contributed by atoms with E-state index in [1.807, 2.05) is 36.1 Å². The van der Waals surface area contributed by atoms with E-state index < -0.39 is 0 Å². The Hall–Kier alpha value is -1.01. The summed E-state index contributed by atoms with van der Waals surface area (Å²) in [4.78, 5) is 35.3. The van der Waals surface area contributed by atoms with E-state index in [1.54, 1.807) is 7.11 Å². The van der Waals surface area contributed by atoms with Crippen LogP contribution in [0.4, 0.5) is 0 Å². The summed E-state index contributed by atoms with van der Waals surface area (Å²) in [6.45, 7) is 6.90. The number of nitrogens with zero attached hydrogens (tertiary/aromatic N) is 1. The second-order valence-electron chi connectivity index (χ2n) is 8.19. The Kier molecular flexibility index (Phi) is 28.1. The Balaban J connectivity index is -0.000000773. The van der Waals surface area contributed by atoms with Crippen LogP contribution >= 0.6 is 0 Å². The molecule has 9 nitrogen and oxygen atoms in total. The van der Waals surface area contributed by atoms with E-state index in [9.17, 15) is 14.4 Å². The van der Waals surface area contributed by atoms with Crippen LogP contribution in [0.2, 0.25) is 0 Å². The molecule has 0 aliphatic carbocycles. The normalized spacial score (nSPS) is 13.4. The monoisotopic (exact) mass is 533 g/mol. The van der Waals surface area contributed by atoms with Crippen molar-refractivity contribution < 1.29 is 70.5 Å². The van der Waals surface area contributed by atoms with Crippen molar-refractivity contribution in [1.82, 2.24) is 10.2 Å². The molecule has 1 unspecified atom stereocenters. The maximum Gasteiger partial charge on any atom is 1.00 e. The minimum absolute atomic E-state index is 0. The summed E-state index contributed by atoms with van der Waals surface area (Å²) in [5.74, 6) is 0.441. The van der Waals surface area contributed by atoms with Gasteiger partial charge in [-0.3, -0.25) is 14.4 Å². The smallest absolute Gasteiger partial charge is 0.497 e. The molecule has 1 saturated heterocycles. The van der Waals surface area contributed by atoms with Crippen LogP contribution in [0.3, 0.4) is 0 Å². The van der Waals surface area contributed by atoms with Crippen LogP contribution in [-0.2, 0) is 20.9 Å². The van der Waals surface area contributed by atoms with Gasteiger partial charge in [0.2, 0.25) is 17.7 Å². The summed E-state index contributed by atoms with van der Waals surface area (Å²) in [5, 5.41) is 3.26. The average molecular weight is 534 g/mol. The molecule has 1 aliphatic rings. The van der Waals surface area contributed by atoms with Gasteiger partial charge in [-0.25, -0.2) is 0 Å². The molecule has 0 spiro atoms. The summed E-state index contributed by atoms with van der Waals surface area (Å²) < 4.78 is 5.17. The molecule has 1 fully saturated rings. The van der Waals surface area contributed by atoms with Gasteiger partial charge in [0, 0.05) is 25.9 Å². The number of unbranched alkanes of at least 4 members (excludes halogenated alkanes) is 1. The van der Waals surface area contributed by atoms with Gasteiger partial charge in [0.25, 0.3) is 0 Å². The second kappa shape index (κ2) is 25.6. The third kappa shape index (κ3) is 20.1. The average Bonchev–Trinajstić information content (AvgIpc) is 3.36. The summed E-state index contributed by atoms with van der Waals surface area (Å²) in [6.07, 6.45) is 6.24. The van der Waals surface area contributed by atoms with Crippen LogP contribution < -0.4 is 78.6 Å². The van der Waals surface area contributed by atoms with E-state index in [4.69, 9.17) is 21.9 Å². The molecule has 2 rings (SSSR count). The van der Waals surface area contributed by atoms with Crippen LogP contribution in [-0.4, -0.2) is 55.4 Å². The molecule has 10 heteroatoms. The second-order valence-corrected chi connectivity index (χ2v) is 8.19. The number of nitrogens with one attached hydrogen (secondary N) is 1. The van der Waals surface area contributed by atoms with Gasteiger partial charge in [0.05, 0.1) is 13.2 Å². The first-order chi connectivity index (χ1) is 16.3. The Morgan fingerprint density at radius 2 is 1.61 bits per heavy atom. The zero-order valence-corrected chi connectivity index (χ0v) is 26.3. The molecule has 7 N–H and O–H groups in total. The number of hydrogen-bond acceptors (Lipinski definition) is 6. The standard InChI is InChI=1S/C18H27N3O3.C4H9NO.C3H9N.CH3.K/c1-24-15-9-7-14(8-10-15)13-21(12-3-2-6-17(19)22)18(23)16-5-4-11-20-16;1-2-3-4(5)6;1-2-3-4;;/h7-10,16,20H,2-6,11-13H2,1H3,(H2,19,22);2-3H2,1H3,(H2,5,6);2-4H2,1H3;1H3;/q;;;-1;+1. The summed E-state index contributed by atoms with van der Waals surface area (Å²) in [6, 6.07) is 7.67. The van der Waals surface area contributed by atoms with Crippen LogP contribution in [0, 0.1) is 7.43 Å². The van der Waals surface area contributed by atoms with Crippen molar-refractivity contribution in [2.24, 2.45) is 17.2 Å². The van der Waals surface area contributed by atoms with Gasteiger partial charge in [0.1, 0.15) is 5.75 Å². The predicted octanol–water partition coefficient (Wildman–Crippen LogP) is -0.487. The minimum atomic E-state index is -0.291. The first kappa shape index (κ1) is 39.5. The Labute approximate surface area is 261 Å². The molecule has 1 aromatic carbocycles. The number of carbonyl (C=O) groups excluding carboxylic acids is 3. The first-order valence-corrected chi connectivity index (χ1v) is 12.2. The fourth-order valence-corrected chi connectivity index (χ4v) is 3.18. The van der Waals surface area contributed by atoms with Crippen molar-refractivity contribution in [1.29, 1.82) is 0 Å². The van der Waals surface area contributed by atoms with Crippen molar-refractivity contribution >= 4 is 17.7 Å². The quantitative estimate of drug-likeness (QED) is 0.162. The third-order valence-corrected chi connectivity index (χ3v) is 5.09. The van der Waals surface area contributed by atoms with Crippen molar-refractivity contribution in [3.8, 4) is 5.75 Å². The summed E-state index contributed by atoms with van der Waals surface area (Å²) >= 11 is 0. The number of carbonyl (C=O) groups is 3. The molecular weight excluding hydrogens is 485 g/mol. The van der Waals surface area contributed by atoms with Gasteiger partial charge < -0.3 is 39.6 Å². The van der Waals surface area contributed by atoms with Crippen LogP contribution in [0.25, 0.3) is 0 Å². The fourth-order valence-electron chi connectivity index (χ4n) is 3.18. The van der Waals surface area contributed by atoms with Gasteiger partial charge in [0.15, 0.2) is 0 Å². The maximum atomic E-state index is 12.7. The molecule has 0 radical (unpaired) electrons. The van der Waals surface area contributed by atoms with Gasteiger partial charge in [-0.05, 0) is 69.3 Å². The van der Waals surface area contributed by atoms with Gasteiger partial charge >= 0.3 is 51.4 Å². The Bertz CT molecular complexity index is 696. The molecule has 3 amide bonds.